The molecule has 6 nitrogen and oxygen atoms in total. The molecule has 1 aliphatic carbocycles. The van der Waals surface area contributed by atoms with Crippen molar-refractivity contribution in [3.05, 3.63) is 23.2 Å². The summed E-state index contributed by atoms with van der Waals surface area (Å²) in [5.74, 6) is -1.07. The number of nitrogens with one attached hydrogen (secondary N) is 1. The number of hydrogen-bond donors (Lipinski definition) is 2. The number of aliphatic carboxylic acids is 1. The second-order valence-corrected chi connectivity index (χ2v) is 6.62. The topological polar surface area (TPSA) is 84.9 Å². The van der Waals surface area contributed by atoms with E-state index in [0.29, 0.717) is 5.69 Å². The number of carbonyl (C=O) groups is 2. The Morgan fingerprint density at radius 1 is 1.28 bits per heavy atom. The van der Waals surface area contributed by atoms with Crippen molar-refractivity contribution in [3.63, 3.8) is 0 Å². The second kappa shape index (κ2) is 9.63. The monoisotopic (exact) mass is 369 g/mol. The minimum absolute atomic E-state index is 0.138. The number of carboxylic acid groups (broad SMARTS) is 1. The summed E-state index contributed by atoms with van der Waals surface area (Å²) >= 11 is 6.05. The van der Waals surface area contributed by atoms with Crippen molar-refractivity contribution < 1.29 is 24.2 Å². The number of ether oxygens (including phenoxy) is 2. The van der Waals surface area contributed by atoms with Gasteiger partial charge in [0.2, 0.25) is 0 Å². The van der Waals surface area contributed by atoms with Crippen LogP contribution in [0.25, 0.3) is 0 Å². The largest absolute Gasteiger partial charge is 0.480 e. The number of rotatable bonds is 7. The zero-order valence-corrected chi connectivity index (χ0v) is 15.1. The number of hydrogen-bond acceptors (Lipinski definition) is 4. The average molecular weight is 370 g/mol. The van der Waals surface area contributed by atoms with Crippen LogP contribution in [-0.2, 0) is 14.3 Å². The Labute approximate surface area is 152 Å². The van der Waals surface area contributed by atoms with Crippen LogP contribution in [0.5, 0.6) is 5.75 Å². The minimum Gasteiger partial charge on any atom is -0.480 e. The van der Waals surface area contributed by atoms with E-state index in [9.17, 15) is 9.59 Å². The van der Waals surface area contributed by atoms with Gasteiger partial charge in [0.1, 0.15) is 11.9 Å². The third-order valence-corrected chi connectivity index (χ3v) is 4.41. The van der Waals surface area contributed by atoms with Gasteiger partial charge >= 0.3 is 5.97 Å². The van der Waals surface area contributed by atoms with Crippen molar-refractivity contribution in [2.45, 2.75) is 57.7 Å². The van der Waals surface area contributed by atoms with Crippen molar-refractivity contribution in [2.75, 3.05) is 11.9 Å². The summed E-state index contributed by atoms with van der Waals surface area (Å²) in [6.45, 7) is 1.27. The molecule has 25 heavy (non-hydrogen) atoms. The average Bonchev–Trinajstić information content (AvgIpc) is 2.82. The number of anilines is 1. The third-order valence-electron chi connectivity index (χ3n) is 4.12. The predicted octanol–water partition coefficient (Wildman–Crippen LogP) is 3.87. The first-order valence-corrected chi connectivity index (χ1v) is 8.94. The molecule has 0 spiro atoms. The number of carboxylic acids is 1. The summed E-state index contributed by atoms with van der Waals surface area (Å²) < 4.78 is 10.9. The van der Waals surface area contributed by atoms with E-state index in [-0.39, 0.29) is 22.8 Å². The van der Waals surface area contributed by atoms with Gasteiger partial charge in [-0.2, -0.15) is 0 Å². The molecule has 0 aromatic heterocycles. The summed E-state index contributed by atoms with van der Waals surface area (Å²) in [7, 11) is 0. The molecule has 2 rings (SSSR count). The Morgan fingerprint density at radius 3 is 2.56 bits per heavy atom. The second-order valence-electron chi connectivity index (χ2n) is 6.21. The SMILES string of the molecule is CC(OC1CCCCCC1)C(=O)Nc1ccc(OCC(=O)O)c(Cl)c1. The Bertz CT molecular complexity index is 599. The molecule has 0 saturated heterocycles. The molecule has 0 radical (unpaired) electrons. The molecule has 7 heteroatoms. The fourth-order valence-electron chi connectivity index (χ4n) is 2.81. The lowest BCUT2D eigenvalue weighted by atomic mass is 10.1. The van der Waals surface area contributed by atoms with E-state index in [1.54, 1.807) is 13.0 Å². The predicted molar refractivity (Wildman–Crippen MR) is 95.2 cm³/mol. The molecule has 0 aliphatic heterocycles. The number of benzene rings is 1. The Balaban J connectivity index is 1.88. The highest BCUT2D eigenvalue weighted by atomic mass is 35.5. The fourth-order valence-corrected chi connectivity index (χ4v) is 3.04. The first-order chi connectivity index (χ1) is 12.0. The molecule has 0 heterocycles. The standard InChI is InChI=1S/C18H24ClNO5/c1-12(25-14-6-4-2-3-5-7-14)18(23)20-13-8-9-16(15(19)10-13)24-11-17(21)22/h8-10,12,14H,2-7,11H2,1H3,(H,20,23)(H,21,22). The summed E-state index contributed by atoms with van der Waals surface area (Å²) in [6.07, 6.45) is 6.34. The molecular weight excluding hydrogens is 346 g/mol. The van der Waals surface area contributed by atoms with E-state index in [1.807, 2.05) is 0 Å². The number of halogens is 1. The lowest BCUT2D eigenvalue weighted by molar-refractivity contribution is -0.139. The lowest BCUT2D eigenvalue weighted by Gasteiger charge is -2.20. The maximum atomic E-state index is 12.3. The molecule has 0 bridgehead atoms. The summed E-state index contributed by atoms with van der Waals surface area (Å²) in [5, 5.41) is 11.6. The van der Waals surface area contributed by atoms with Gasteiger partial charge in [0.05, 0.1) is 11.1 Å². The van der Waals surface area contributed by atoms with Crippen molar-refractivity contribution in [3.8, 4) is 5.75 Å². The van der Waals surface area contributed by atoms with E-state index in [0.717, 1.165) is 25.7 Å². The Hall–Kier alpha value is -1.79. The van der Waals surface area contributed by atoms with E-state index in [4.69, 9.17) is 26.2 Å². The molecule has 2 N–H and O–H groups in total. The van der Waals surface area contributed by atoms with Crippen LogP contribution in [0, 0.1) is 0 Å². The van der Waals surface area contributed by atoms with Crippen molar-refractivity contribution in [1.29, 1.82) is 0 Å². The molecule has 1 atom stereocenters. The van der Waals surface area contributed by atoms with Crippen molar-refractivity contribution in [2.24, 2.45) is 0 Å². The first kappa shape index (κ1) is 19.5. The molecule has 1 fully saturated rings. The summed E-state index contributed by atoms with van der Waals surface area (Å²) in [5.41, 5.74) is 0.508. The van der Waals surface area contributed by atoms with Crippen LogP contribution in [0.2, 0.25) is 5.02 Å². The summed E-state index contributed by atoms with van der Waals surface area (Å²) in [4.78, 5) is 22.8. The molecule has 1 unspecified atom stereocenters. The van der Waals surface area contributed by atoms with Gasteiger partial charge in [-0.25, -0.2) is 4.79 Å². The highest BCUT2D eigenvalue weighted by molar-refractivity contribution is 6.32. The van der Waals surface area contributed by atoms with E-state index >= 15 is 0 Å². The Kier molecular flexibility index (Phi) is 7.52. The highest BCUT2D eigenvalue weighted by Gasteiger charge is 2.20. The minimum atomic E-state index is -1.09. The van der Waals surface area contributed by atoms with Crippen LogP contribution < -0.4 is 10.1 Å². The zero-order chi connectivity index (χ0) is 18.2. The molecule has 1 saturated carbocycles. The molecule has 1 amide bonds. The van der Waals surface area contributed by atoms with Crippen LogP contribution in [0.4, 0.5) is 5.69 Å². The molecular formula is C18H24ClNO5. The van der Waals surface area contributed by atoms with Crippen LogP contribution in [-0.4, -0.2) is 35.8 Å². The van der Waals surface area contributed by atoms with E-state index in [2.05, 4.69) is 5.32 Å². The maximum Gasteiger partial charge on any atom is 0.341 e. The molecule has 1 aliphatic rings. The van der Waals surface area contributed by atoms with Crippen molar-refractivity contribution in [1.82, 2.24) is 0 Å². The molecule has 1 aromatic carbocycles. The smallest absolute Gasteiger partial charge is 0.341 e. The lowest BCUT2D eigenvalue weighted by Crippen LogP contribution is -2.31. The van der Waals surface area contributed by atoms with Gasteiger partial charge in [0.15, 0.2) is 6.61 Å². The van der Waals surface area contributed by atoms with Gasteiger partial charge < -0.3 is 19.9 Å². The number of carbonyl (C=O) groups excluding carboxylic acids is 1. The first-order valence-electron chi connectivity index (χ1n) is 8.56. The molecule has 138 valence electrons. The fraction of sp³-hybridized carbons (Fsp3) is 0.556. The van der Waals surface area contributed by atoms with Gasteiger partial charge in [0, 0.05) is 5.69 Å². The third kappa shape index (κ3) is 6.55. The Morgan fingerprint density at radius 2 is 1.96 bits per heavy atom. The van der Waals surface area contributed by atoms with Gasteiger partial charge in [-0.05, 0) is 38.0 Å². The molecule has 1 aromatic rings. The van der Waals surface area contributed by atoms with Crippen LogP contribution in [0.15, 0.2) is 18.2 Å². The van der Waals surface area contributed by atoms with Crippen LogP contribution in [0.3, 0.4) is 0 Å². The maximum absolute atomic E-state index is 12.3. The van der Waals surface area contributed by atoms with Gasteiger partial charge in [-0.15, -0.1) is 0 Å². The van der Waals surface area contributed by atoms with E-state index < -0.39 is 18.7 Å². The quantitative estimate of drug-likeness (QED) is 0.712. The normalized spacial score (nSPS) is 16.7. The van der Waals surface area contributed by atoms with Crippen LogP contribution in [0.1, 0.15) is 45.4 Å². The van der Waals surface area contributed by atoms with Gasteiger partial charge in [0.25, 0.3) is 5.91 Å². The van der Waals surface area contributed by atoms with Crippen LogP contribution >= 0.6 is 11.6 Å². The van der Waals surface area contributed by atoms with Gasteiger partial charge in [-0.3, -0.25) is 4.79 Å². The highest BCUT2D eigenvalue weighted by Crippen LogP contribution is 2.28. The zero-order valence-electron chi connectivity index (χ0n) is 14.3. The number of amides is 1. The summed E-state index contributed by atoms with van der Waals surface area (Å²) in [6, 6.07) is 4.66. The van der Waals surface area contributed by atoms with Crippen molar-refractivity contribution >= 4 is 29.2 Å². The van der Waals surface area contributed by atoms with E-state index in [1.165, 1.54) is 25.0 Å². The van der Waals surface area contributed by atoms with Gasteiger partial charge in [-0.1, -0.05) is 37.3 Å².